The molecule has 0 bridgehead atoms. The summed E-state index contributed by atoms with van der Waals surface area (Å²) in [5.41, 5.74) is 6.85. The lowest BCUT2D eigenvalue weighted by Crippen LogP contribution is -2.12. The molecule has 1 amide bonds. The molecule has 21 heavy (non-hydrogen) atoms. The van der Waals surface area contributed by atoms with Crippen molar-refractivity contribution < 1.29 is 4.79 Å². The Bertz CT molecular complexity index is 607. The van der Waals surface area contributed by atoms with Gasteiger partial charge in [0, 0.05) is 17.6 Å². The van der Waals surface area contributed by atoms with Crippen LogP contribution in [0.1, 0.15) is 12.8 Å². The Morgan fingerprint density at radius 1 is 1.33 bits per heavy atom. The van der Waals surface area contributed by atoms with Crippen molar-refractivity contribution >= 4 is 40.6 Å². The zero-order valence-electron chi connectivity index (χ0n) is 11.4. The number of nitrogen functional groups attached to an aromatic ring is 1. The maximum atomic E-state index is 11.9. The molecule has 1 aromatic heterocycles. The quantitative estimate of drug-likeness (QED) is 0.482. The van der Waals surface area contributed by atoms with Gasteiger partial charge in [-0.1, -0.05) is 17.7 Å². The summed E-state index contributed by atoms with van der Waals surface area (Å²) < 4.78 is 0. The van der Waals surface area contributed by atoms with Gasteiger partial charge < -0.3 is 11.1 Å². The summed E-state index contributed by atoms with van der Waals surface area (Å²) in [6.45, 7) is 0. The Kier molecular flexibility index (Phi) is 5.90. The lowest BCUT2D eigenvalue weighted by Gasteiger charge is -2.08. The largest absolute Gasteiger partial charge is 0.397 e. The van der Waals surface area contributed by atoms with Crippen LogP contribution in [-0.4, -0.2) is 16.6 Å². The molecular weight excluding hydrogens is 306 g/mol. The second-order valence-electron chi connectivity index (χ2n) is 4.40. The highest BCUT2D eigenvalue weighted by molar-refractivity contribution is 7.99. The molecule has 0 atom stereocenters. The third-order valence-corrected chi connectivity index (χ3v) is 3.99. The average molecular weight is 322 g/mol. The van der Waals surface area contributed by atoms with E-state index in [1.807, 2.05) is 18.2 Å². The Balaban J connectivity index is 1.74. The molecule has 0 radical (unpaired) electrons. The number of pyridine rings is 1. The van der Waals surface area contributed by atoms with E-state index in [0.717, 1.165) is 17.2 Å². The number of amides is 1. The number of hydrogen-bond acceptors (Lipinski definition) is 4. The van der Waals surface area contributed by atoms with Crippen LogP contribution >= 0.6 is 23.4 Å². The number of nitrogens with zero attached hydrogens (tertiary/aromatic N) is 1. The molecule has 6 heteroatoms. The van der Waals surface area contributed by atoms with Crippen molar-refractivity contribution in [1.29, 1.82) is 0 Å². The van der Waals surface area contributed by atoms with E-state index in [-0.39, 0.29) is 5.91 Å². The Morgan fingerprint density at radius 3 is 2.95 bits per heavy atom. The van der Waals surface area contributed by atoms with Crippen molar-refractivity contribution in [3.05, 3.63) is 47.6 Å². The number of hydrogen-bond donors (Lipinski definition) is 2. The predicted molar refractivity (Wildman–Crippen MR) is 88.7 cm³/mol. The van der Waals surface area contributed by atoms with Crippen molar-refractivity contribution in [2.24, 2.45) is 0 Å². The Morgan fingerprint density at radius 2 is 2.19 bits per heavy atom. The Labute approximate surface area is 133 Å². The van der Waals surface area contributed by atoms with E-state index in [1.165, 1.54) is 0 Å². The van der Waals surface area contributed by atoms with Crippen LogP contribution in [0.3, 0.4) is 0 Å². The fraction of sp³-hybridized carbons (Fsp3) is 0.200. The predicted octanol–water partition coefficient (Wildman–Crippen LogP) is 3.83. The first-order chi connectivity index (χ1) is 10.1. The summed E-state index contributed by atoms with van der Waals surface area (Å²) in [6.07, 6.45) is 2.97. The van der Waals surface area contributed by atoms with E-state index >= 15 is 0 Å². The number of thioether (sulfide) groups is 1. The zero-order chi connectivity index (χ0) is 15.1. The van der Waals surface area contributed by atoms with Gasteiger partial charge in [-0.15, -0.1) is 11.8 Å². The molecule has 0 unspecified atom stereocenters. The lowest BCUT2D eigenvalue weighted by atomic mass is 10.2. The van der Waals surface area contributed by atoms with Crippen LogP contribution in [0.4, 0.5) is 11.4 Å². The second kappa shape index (κ2) is 7.90. The number of halogens is 1. The summed E-state index contributed by atoms with van der Waals surface area (Å²) >= 11 is 7.52. The highest BCUT2D eigenvalue weighted by Crippen LogP contribution is 2.23. The summed E-state index contributed by atoms with van der Waals surface area (Å²) in [5.74, 6) is 0.778. The molecule has 0 fully saturated rings. The monoisotopic (exact) mass is 321 g/mol. The molecule has 110 valence electrons. The van der Waals surface area contributed by atoms with Gasteiger partial charge in [0.2, 0.25) is 5.91 Å². The van der Waals surface area contributed by atoms with Gasteiger partial charge in [-0.3, -0.25) is 4.79 Å². The van der Waals surface area contributed by atoms with Crippen molar-refractivity contribution in [2.75, 3.05) is 16.8 Å². The maximum absolute atomic E-state index is 11.9. The number of nitrogens with two attached hydrogens (primary N) is 1. The summed E-state index contributed by atoms with van der Waals surface area (Å²) in [6, 6.07) is 10.8. The number of aromatic nitrogens is 1. The normalized spacial score (nSPS) is 10.3. The van der Waals surface area contributed by atoms with Crippen LogP contribution < -0.4 is 11.1 Å². The number of nitrogens with one attached hydrogen (secondary N) is 1. The fourth-order valence-corrected chi connectivity index (χ4v) is 2.67. The van der Waals surface area contributed by atoms with Gasteiger partial charge in [0.05, 0.1) is 16.4 Å². The number of rotatable bonds is 6. The first kappa shape index (κ1) is 15.7. The first-order valence-electron chi connectivity index (χ1n) is 6.54. The summed E-state index contributed by atoms with van der Waals surface area (Å²) in [7, 11) is 0. The average Bonchev–Trinajstić information content (AvgIpc) is 2.48. The highest BCUT2D eigenvalue weighted by atomic mass is 35.5. The van der Waals surface area contributed by atoms with Crippen LogP contribution in [0, 0.1) is 0 Å². The van der Waals surface area contributed by atoms with Crippen LogP contribution in [0.5, 0.6) is 0 Å². The molecule has 0 aliphatic carbocycles. The molecule has 2 rings (SSSR count). The van der Waals surface area contributed by atoms with Crippen molar-refractivity contribution in [2.45, 2.75) is 17.9 Å². The Hall–Kier alpha value is -1.72. The van der Waals surface area contributed by atoms with E-state index in [1.54, 1.807) is 36.2 Å². The standard InChI is InChI=1S/C15H16ClN3OS/c16-11-6-7-12(17)13(10-11)19-14(20)4-3-9-21-15-5-1-2-8-18-15/h1-2,5-8,10H,3-4,9,17H2,(H,19,20). The van der Waals surface area contributed by atoms with Crippen LogP contribution in [0.2, 0.25) is 5.02 Å². The maximum Gasteiger partial charge on any atom is 0.224 e. The number of carbonyl (C=O) groups excluding carboxylic acids is 1. The minimum atomic E-state index is -0.0643. The SMILES string of the molecule is Nc1ccc(Cl)cc1NC(=O)CCCSc1ccccn1. The third kappa shape index (κ3) is 5.28. The minimum Gasteiger partial charge on any atom is -0.397 e. The van der Waals surface area contributed by atoms with Crippen LogP contribution in [0.15, 0.2) is 47.6 Å². The van der Waals surface area contributed by atoms with Crippen molar-refractivity contribution in [3.63, 3.8) is 0 Å². The van der Waals surface area contributed by atoms with Crippen LogP contribution in [-0.2, 0) is 4.79 Å². The molecule has 3 N–H and O–H groups in total. The molecule has 1 aromatic carbocycles. The van der Waals surface area contributed by atoms with E-state index in [0.29, 0.717) is 22.8 Å². The van der Waals surface area contributed by atoms with Gasteiger partial charge in [0.15, 0.2) is 0 Å². The first-order valence-corrected chi connectivity index (χ1v) is 7.90. The van der Waals surface area contributed by atoms with Gasteiger partial charge >= 0.3 is 0 Å². The van der Waals surface area contributed by atoms with E-state index < -0.39 is 0 Å². The van der Waals surface area contributed by atoms with Gasteiger partial charge in [-0.05, 0) is 42.5 Å². The van der Waals surface area contributed by atoms with Gasteiger partial charge in [-0.2, -0.15) is 0 Å². The number of benzene rings is 1. The van der Waals surface area contributed by atoms with E-state index in [2.05, 4.69) is 10.3 Å². The van der Waals surface area contributed by atoms with E-state index in [9.17, 15) is 4.79 Å². The topological polar surface area (TPSA) is 68.0 Å². The molecule has 1 heterocycles. The number of anilines is 2. The van der Waals surface area contributed by atoms with Crippen LogP contribution in [0.25, 0.3) is 0 Å². The van der Waals surface area contributed by atoms with E-state index in [4.69, 9.17) is 17.3 Å². The molecular formula is C15H16ClN3OS. The minimum absolute atomic E-state index is 0.0643. The zero-order valence-corrected chi connectivity index (χ0v) is 13.0. The van der Waals surface area contributed by atoms with Crippen molar-refractivity contribution in [3.8, 4) is 0 Å². The summed E-state index contributed by atoms with van der Waals surface area (Å²) in [4.78, 5) is 16.1. The van der Waals surface area contributed by atoms with Gasteiger partial charge in [0.1, 0.15) is 0 Å². The van der Waals surface area contributed by atoms with Gasteiger partial charge in [0.25, 0.3) is 0 Å². The highest BCUT2D eigenvalue weighted by Gasteiger charge is 2.06. The smallest absolute Gasteiger partial charge is 0.224 e. The molecule has 2 aromatic rings. The number of carbonyl (C=O) groups is 1. The van der Waals surface area contributed by atoms with Gasteiger partial charge in [-0.25, -0.2) is 4.98 Å². The molecule has 0 saturated carbocycles. The molecule has 0 spiro atoms. The summed E-state index contributed by atoms with van der Waals surface area (Å²) in [5, 5.41) is 4.29. The molecule has 0 aliphatic rings. The second-order valence-corrected chi connectivity index (χ2v) is 5.95. The fourth-order valence-electron chi connectivity index (χ4n) is 1.69. The molecule has 0 aliphatic heterocycles. The molecule has 0 saturated heterocycles. The third-order valence-electron chi connectivity index (χ3n) is 2.73. The lowest BCUT2D eigenvalue weighted by molar-refractivity contribution is -0.116. The van der Waals surface area contributed by atoms with Crippen molar-refractivity contribution in [1.82, 2.24) is 4.98 Å². The molecule has 4 nitrogen and oxygen atoms in total.